The van der Waals surface area contributed by atoms with Gasteiger partial charge in [-0.2, -0.15) is 0 Å². The largest absolute Gasteiger partial charge is 0.543 e. The first-order valence-corrected chi connectivity index (χ1v) is 36.4. The van der Waals surface area contributed by atoms with Gasteiger partial charge < -0.3 is 51.6 Å². The van der Waals surface area contributed by atoms with Crippen molar-refractivity contribution < 1.29 is 51.5 Å². The number of nitrogens with zero attached hydrogens (tertiary/aromatic N) is 6. The lowest BCUT2D eigenvalue weighted by Crippen LogP contribution is -2.49. The smallest absolute Gasteiger partial charge is 0.347 e. The standard InChI is InChI=1S/C78H83Cl2FN6O10Si/c1-12-92-76(88)68(47-53-46-61(97-98(10,11)77(3,4)5)34-36-65(53)93-49-58-38-39-82-74(84-58)64-20-16-17-21-66(64)91-9)96-75-72-70(69(52-22-28-57(81)29-23-52)73(80)87(72)41-40-83-75)63-35-37-67(71(79)51(63)2)95-62(48-86-44-42-85(6)43-45-86)50-94-78(54-18-14-13-15-19-54,55-24-30-59(89-7)31-25-55)56-26-32-60(90-8)33-27-56/h13-41,46,62,68H,12,42-45,47-50H2,1-11H3/t62-,68-/m1/s1. The van der Waals surface area contributed by atoms with Gasteiger partial charge in [-0.05, 0) is 151 Å². The molecule has 4 heterocycles. The van der Waals surface area contributed by atoms with Gasteiger partial charge in [0.15, 0.2) is 5.82 Å². The number of hydrogen-bond donors (Lipinski definition) is 0. The minimum Gasteiger partial charge on any atom is -0.543 e. The van der Waals surface area contributed by atoms with E-state index in [-0.39, 0.29) is 42.3 Å². The van der Waals surface area contributed by atoms with Crippen molar-refractivity contribution >= 4 is 43.0 Å². The molecule has 98 heavy (non-hydrogen) atoms. The third-order valence-corrected chi connectivity index (χ3v) is 23.6. The summed E-state index contributed by atoms with van der Waals surface area (Å²) in [6, 6.07) is 50.9. The van der Waals surface area contributed by atoms with Crippen LogP contribution in [0.2, 0.25) is 28.3 Å². The Morgan fingerprint density at radius 1 is 0.684 bits per heavy atom. The van der Waals surface area contributed by atoms with Crippen LogP contribution in [0.25, 0.3) is 39.2 Å². The summed E-state index contributed by atoms with van der Waals surface area (Å²) in [6.07, 6.45) is 3.00. The Bertz CT molecular complexity index is 4330. The van der Waals surface area contributed by atoms with Gasteiger partial charge in [0.1, 0.15) is 69.3 Å². The molecular weight excluding hydrogens is 1300 g/mol. The maximum absolute atomic E-state index is 15.0. The van der Waals surface area contributed by atoms with E-state index >= 15 is 0 Å². The quantitative estimate of drug-likeness (QED) is 0.0273. The number of methoxy groups -OCH3 is 3. The fourth-order valence-corrected chi connectivity index (χ4v) is 13.6. The van der Waals surface area contributed by atoms with Crippen molar-refractivity contribution in [2.75, 3.05) is 74.3 Å². The van der Waals surface area contributed by atoms with E-state index in [0.717, 1.165) is 48.4 Å². The van der Waals surface area contributed by atoms with Gasteiger partial charge in [-0.1, -0.05) is 129 Å². The number of ether oxygens (including phenoxy) is 8. The van der Waals surface area contributed by atoms with Crippen LogP contribution in [-0.2, 0) is 32.9 Å². The Morgan fingerprint density at radius 3 is 1.98 bits per heavy atom. The molecule has 0 bridgehead atoms. The maximum Gasteiger partial charge on any atom is 0.347 e. The number of halogens is 3. The molecule has 0 amide bonds. The summed E-state index contributed by atoms with van der Waals surface area (Å²) < 4.78 is 74.8. The summed E-state index contributed by atoms with van der Waals surface area (Å²) in [6.45, 7) is 18.6. The van der Waals surface area contributed by atoms with E-state index in [0.29, 0.717) is 96.5 Å². The number of piperazine rings is 1. The topological polar surface area (TPSA) is 150 Å². The van der Waals surface area contributed by atoms with Crippen molar-refractivity contribution in [1.82, 2.24) is 29.2 Å². The highest BCUT2D eigenvalue weighted by molar-refractivity contribution is 6.74. The molecular formula is C78H83Cl2FN6O10Si. The monoisotopic (exact) mass is 1380 g/mol. The van der Waals surface area contributed by atoms with E-state index in [1.807, 2.05) is 128 Å². The van der Waals surface area contributed by atoms with Crippen LogP contribution in [0.4, 0.5) is 4.39 Å². The number of carbonyl (C=O) groups excluding carboxylic acids is 1. The van der Waals surface area contributed by atoms with Crippen molar-refractivity contribution in [3.05, 3.63) is 232 Å². The first-order chi connectivity index (χ1) is 47.2. The number of aromatic nitrogens is 4. The summed E-state index contributed by atoms with van der Waals surface area (Å²) in [5, 5.41) is 0.458. The summed E-state index contributed by atoms with van der Waals surface area (Å²) in [7, 11) is 4.64. The van der Waals surface area contributed by atoms with Crippen molar-refractivity contribution in [2.24, 2.45) is 0 Å². The van der Waals surface area contributed by atoms with Gasteiger partial charge in [-0.15, -0.1) is 0 Å². The molecule has 16 nitrogen and oxygen atoms in total. The molecule has 0 aliphatic carbocycles. The van der Waals surface area contributed by atoms with Crippen LogP contribution in [-0.4, -0.2) is 130 Å². The predicted octanol–water partition coefficient (Wildman–Crippen LogP) is 16.4. The van der Waals surface area contributed by atoms with Crippen LogP contribution in [0.1, 0.15) is 61.2 Å². The van der Waals surface area contributed by atoms with E-state index in [1.54, 1.807) is 69.4 Å². The molecule has 1 saturated heterocycles. The molecule has 3 aromatic heterocycles. The van der Waals surface area contributed by atoms with Crippen LogP contribution in [0.15, 0.2) is 182 Å². The molecule has 0 unspecified atom stereocenters. The number of hydrogen-bond acceptors (Lipinski definition) is 15. The lowest BCUT2D eigenvalue weighted by molar-refractivity contribution is -0.151. The Hall–Kier alpha value is -9.01. The number of para-hydroxylation sites is 1. The van der Waals surface area contributed by atoms with Crippen LogP contribution in [0.3, 0.4) is 0 Å². The average Bonchev–Trinajstić information content (AvgIpc) is 1.53. The molecule has 0 radical (unpaired) electrons. The second-order valence-electron chi connectivity index (χ2n) is 25.8. The van der Waals surface area contributed by atoms with Crippen LogP contribution in [0.5, 0.6) is 40.4 Å². The van der Waals surface area contributed by atoms with Gasteiger partial charge in [0.2, 0.25) is 20.3 Å². The third-order valence-electron chi connectivity index (χ3n) is 18.4. The van der Waals surface area contributed by atoms with Gasteiger partial charge >= 0.3 is 5.97 Å². The summed E-state index contributed by atoms with van der Waals surface area (Å²) >= 11 is 15.3. The third kappa shape index (κ3) is 15.5. The molecule has 20 heteroatoms. The van der Waals surface area contributed by atoms with Crippen molar-refractivity contribution in [1.29, 1.82) is 0 Å². The van der Waals surface area contributed by atoms with Crippen molar-refractivity contribution in [3.8, 4) is 74.0 Å². The summed E-state index contributed by atoms with van der Waals surface area (Å²) in [4.78, 5) is 33.7. The fraction of sp³-hybridized carbons (Fsp3) is 0.308. The van der Waals surface area contributed by atoms with Crippen molar-refractivity contribution in [3.63, 3.8) is 0 Å². The van der Waals surface area contributed by atoms with E-state index in [4.69, 9.17) is 75.5 Å². The summed E-state index contributed by atoms with van der Waals surface area (Å²) in [5.74, 6) is 2.95. The molecule has 510 valence electrons. The minimum atomic E-state index is -2.40. The lowest BCUT2D eigenvalue weighted by atomic mass is 9.80. The van der Waals surface area contributed by atoms with Crippen LogP contribution < -0.4 is 32.8 Å². The normalized spacial score (nSPS) is 13.8. The molecule has 7 aromatic carbocycles. The van der Waals surface area contributed by atoms with E-state index in [1.165, 1.54) is 12.1 Å². The van der Waals surface area contributed by atoms with Crippen LogP contribution in [0, 0.1) is 12.7 Å². The zero-order valence-electron chi connectivity index (χ0n) is 57.2. The molecule has 10 aromatic rings. The molecule has 0 spiro atoms. The SMILES string of the molecule is CCOC(=O)[C@@H](Cc1cc(O[Si](C)(C)C(C)(C)C)ccc1OCc1ccnc(-c2ccccc2OC)n1)Oc1nccn2c(Cl)c(-c3ccc(F)cc3)c(-c3ccc(O[C@@H](COC(c4ccccc4)(c4ccc(OC)cc4)c4ccc(OC)cc4)CN4CCN(C)CC4)c(Cl)c3C)c12. The van der Waals surface area contributed by atoms with Gasteiger partial charge in [0, 0.05) is 74.4 Å². The molecule has 1 aliphatic rings. The number of fused-ring (bicyclic) bond motifs is 1. The molecule has 1 aliphatic heterocycles. The predicted molar refractivity (Wildman–Crippen MR) is 385 cm³/mol. The van der Waals surface area contributed by atoms with Gasteiger partial charge in [-0.25, -0.2) is 24.1 Å². The number of carbonyl (C=O) groups is 1. The average molecular weight is 1380 g/mol. The minimum absolute atomic E-state index is 0.0463. The van der Waals surface area contributed by atoms with Crippen LogP contribution >= 0.6 is 23.2 Å². The zero-order chi connectivity index (χ0) is 69.3. The lowest BCUT2D eigenvalue weighted by Gasteiger charge is -2.39. The van der Waals surface area contributed by atoms with Gasteiger partial charge in [-0.3, -0.25) is 4.90 Å². The number of esters is 1. The van der Waals surface area contributed by atoms with E-state index in [2.05, 4.69) is 67.8 Å². The fourth-order valence-electron chi connectivity index (χ4n) is 12.0. The number of benzene rings is 7. The molecule has 11 rings (SSSR count). The number of likely N-dealkylation sites (N-methyl/N-ethyl adjacent to an activating group) is 1. The highest BCUT2D eigenvalue weighted by Crippen LogP contribution is 2.50. The first kappa shape index (κ1) is 70.3. The summed E-state index contributed by atoms with van der Waals surface area (Å²) in [5.41, 5.74) is 6.78. The Labute approximate surface area is 584 Å². The molecule has 0 saturated carbocycles. The molecule has 1 fully saturated rings. The molecule has 0 N–H and O–H groups in total. The highest BCUT2D eigenvalue weighted by Gasteiger charge is 2.41. The Balaban J connectivity index is 0.988. The van der Waals surface area contributed by atoms with Crippen molar-refractivity contribution in [2.45, 2.75) is 83.6 Å². The zero-order valence-corrected chi connectivity index (χ0v) is 59.8. The van der Waals surface area contributed by atoms with E-state index < -0.39 is 37.9 Å². The Kier molecular flexibility index (Phi) is 22.1. The first-order valence-electron chi connectivity index (χ1n) is 32.8. The highest BCUT2D eigenvalue weighted by atomic mass is 35.5. The second-order valence-corrected chi connectivity index (χ2v) is 31.2. The van der Waals surface area contributed by atoms with E-state index in [9.17, 15) is 9.18 Å². The number of rotatable bonds is 27. The molecule has 2 atom stereocenters. The Morgan fingerprint density at radius 2 is 1.33 bits per heavy atom. The second kappa shape index (κ2) is 30.8. The van der Waals surface area contributed by atoms with Gasteiger partial charge in [0.25, 0.3) is 0 Å². The maximum atomic E-state index is 15.0. The van der Waals surface area contributed by atoms with Gasteiger partial charge in [0.05, 0.1) is 50.8 Å².